The van der Waals surface area contributed by atoms with Crippen LogP contribution in [0.2, 0.25) is 0 Å². The Morgan fingerprint density at radius 2 is 0.536 bits per heavy atom. The standard InChI is InChI=1S/C68H47N/c1-7-22-48(23-8-1)58-44-42-56(46-64(58)50-26-11-3-12-27-50)69(55-40-38-51(39-41-55)60-37-21-36-59(49-24-9-2-10-25-49)66(60)52-28-13-4-14-29-52)57-43-45-62-61-34-19-20-35-63(61)67(53-30-15-5-16-31-53)68(65(62)47-57)54-32-17-6-18-33-54/h1-47H. The fourth-order valence-electron chi connectivity index (χ4n) is 10.3. The lowest BCUT2D eigenvalue weighted by Gasteiger charge is -2.28. The molecule has 0 fully saturated rings. The van der Waals surface area contributed by atoms with Crippen molar-refractivity contribution in [3.63, 3.8) is 0 Å². The Hall–Kier alpha value is -9.04. The van der Waals surface area contributed by atoms with Crippen molar-refractivity contribution in [3.8, 4) is 77.9 Å². The molecule has 0 bridgehead atoms. The van der Waals surface area contributed by atoms with Crippen LogP contribution in [0.25, 0.3) is 99.4 Å². The zero-order chi connectivity index (χ0) is 45.9. The van der Waals surface area contributed by atoms with Gasteiger partial charge in [-0.25, -0.2) is 0 Å². The van der Waals surface area contributed by atoms with E-state index in [9.17, 15) is 0 Å². The van der Waals surface area contributed by atoms with Gasteiger partial charge in [0, 0.05) is 17.1 Å². The first-order valence-electron chi connectivity index (χ1n) is 23.8. The highest BCUT2D eigenvalue weighted by molar-refractivity contribution is 6.22. The first kappa shape index (κ1) is 41.4. The van der Waals surface area contributed by atoms with Crippen LogP contribution in [-0.2, 0) is 0 Å². The molecule has 0 unspecified atom stereocenters. The second kappa shape index (κ2) is 18.3. The molecular formula is C68H47N. The van der Waals surface area contributed by atoms with E-state index in [1.165, 1.54) is 93.9 Å². The summed E-state index contributed by atoms with van der Waals surface area (Å²) in [5.74, 6) is 0. The van der Waals surface area contributed by atoms with Crippen LogP contribution >= 0.6 is 0 Å². The summed E-state index contributed by atoms with van der Waals surface area (Å²) in [5.41, 5.74) is 20.0. The highest BCUT2D eigenvalue weighted by atomic mass is 15.1. The molecule has 0 saturated heterocycles. The van der Waals surface area contributed by atoms with Crippen molar-refractivity contribution in [3.05, 3.63) is 285 Å². The van der Waals surface area contributed by atoms with Crippen LogP contribution in [0, 0.1) is 0 Å². The third-order valence-corrected chi connectivity index (χ3v) is 13.5. The highest BCUT2D eigenvalue weighted by Gasteiger charge is 2.22. The average molecular weight is 878 g/mol. The molecule has 12 aromatic rings. The minimum Gasteiger partial charge on any atom is -0.310 e. The predicted molar refractivity (Wildman–Crippen MR) is 294 cm³/mol. The van der Waals surface area contributed by atoms with E-state index >= 15 is 0 Å². The van der Waals surface area contributed by atoms with E-state index in [-0.39, 0.29) is 0 Å². The van der Waals surface area contributed by atoms with Gasteiger partial charge in [-0.2, -0.15) is 0 Å². The van der Waals surface area contributed by atoms with Crippen molar-refractivity contribution in [2.45, 2.75) is 0 Å². The molecule has 0 aliphatic carbocycles. The lowest BCUT2D eigenvalue weighted by molar-refractivity contribution is 1.29. The molecule has 0 heterocycles. The number of fused-ring (bicyclic) bond motifs is 3. The molecule has 1 nitrogen and oxygen atoms in total. The number of anilines is 3. The predicted octanol–water partition coefficient (Wildman–Crippen LogP) is 19.1. The Bertz CT molecular complexity index is 3720. The zero-order valence-corrected chi connectivity index (χ0v) is 38.1. The van der Waals surface area contributed by atoms with E-state index in [0.29, 0.717) is 0 Å². The fraction of sp³-hybridized carbons (Fsp3) is 0. The highest BCUT2D eigenvalue weighted by Crippen LogP contribution is 2.48. The van der Waals surface area contributed by atoms with Crippen molar-refractivity contribution in [1.82, 2.24) is 0 Å². The van der Waals surface area contributed by atoms with Crippen molar-refractivity contribution in [1.29, 1.82) is 0 Å². The van der Waals surface area contributed by atoms with Gasteiger partial charge in [0.15, 0.2) is 0 Å². The first-order chi connectivity index (χ1) is 34.3. The maximum Gasteiger partial charge on any atom is 0.0468 e. The molecule has 0 amide bonds. The normalized spacial score (nSPS) is 11.2. The van der Waals surface area contributed by atoms with Crippen LogP contribution in [0.1, 0.15) is 0 Å². The van der Waals surface area contributed by atoms with Gasteiger partial charge in [-0.3, -0.25) is 0 Å². The first-order valence-corrected chi connectivity index (χ1v) is 23.8. The summed E-state index contributed by atoms with van der Waals surface area (Å²) < 4.78 is 0. The molecule has 0 N–H and O–H groups in total. The second-order valence-corrected chi connectivity index (χ2v) is 17.6. The molecular weight excluding hydrogens is 831 g/mol. The van der Waals surface area contributed by atoms with E-state index in [4.69, 9.17) is 0 Å². The van der Waals surface area contributed by atoms with E-state index in [1.54, 1.807) is 0 Å². The quantitative estimate of drug-likeness (QED) is 0.124. The number of rotatable bonds is 10. The van der Waals surface area contributed by atoms with E-state index in [2.05, 4.69) is 290 Å². The van der Waals surface area contributed by atoms with Gasteiger partial charge >= 0.3 is 0 Å². The Balaban J connectivity index is 1.10. The summed E-state index contributed by atoms with van der Waals surface area (Å²) in [4.78, 5) is 2.44. The van der Waals surface area contributed by atoms with Gasteiger partial charge in [0.25, 0.3) is 0 Å². The summed E-state index contributed by atoms with van der Waals surface area (Å²) in [7, 11) is 0. The molecule has 0 atom stereocenters. The van der Waals surface area contributed by atoms with Crippen LogP contribution < -0.4 is 4.90 Å². The SMILES string of the molecule is c1ccc(-c2ccc(N(c3ccc(-c4cccc(-c5ccccc5)c4-c4ccccc4)cc3)c3ccc4c(c3)c(-c3ccccc3)c(-c3ccccc3)c3ccccc34)cc2-c2ccccc2)cc1. The van der Waals surface area contributed by atoms with Crippen molar-refractivity contribution in [2.24, 2.45) is 0 Å². The lowest BCUT2D eigenvalue weighted by Crippen LogP contribution is -2.10. The van der Waals surface area contributed by atoms with Crippen LogP contribution in [0.4, 0.5) is 17.1 Å². The lowest BCUT2D eigenvalue weighted by atomic mass is 9.85. The Morgan fingerprint density at radius 3 is 1.07 bits per heavy atom. The third kappa shape index (κ3) is 7.86. The number of benzene rings is 12. The minimum atomic E-state index is 1.07. The summed E-state index contributed by atoms with van der Waals surface area (Å²) in [6, 6.07) is 104. The number of nitrogens with zero attached hydrogens (tertiary/aromatic N) is 1. The van der Waals surface area contributed by atoms with Gasteiger partial charge in [-0.1, -0.05) is 249 Å². The van der Waals surface area contributed by atoms with Gasteiger partial charge in [0.1, 0.15) is 0 Å². The molecule has 0 aliphatic heterocycles. The van der Waals surface area contributed by atoms with Crippen LogP contribution in [0.3, 0.4) is 0 Å². The van der Waals surface area contributed by atoms with Crippen LogP contribution in [0.5, 0.6) is 0 Å². The maximum absolute atomic E-state index is 2.44. The Kier molecular flexibility index (Phi) is 11.0. The second-order valence-electron chi connectivity index (χ2n) is 17.6. The summed E-state index contributed by atoms with van der Waals surface area (Å²) in [6.45, 7) is 0. The molecule has 12 aromatic carbocycles. The smallest absolute Gasteiger partial charge is 0.0468 e. The molecule has 0 aliphatic rings. The fourth-order valence-corrected chi connectivity index (χ4v) is 10.3. The van der Waals surface area contributed by atoms with Gasteiger partial charge in [-0.05, 0) is 136 Å². The van der Waals surface area contributed by atoms with Crippen molar-refractivity contribution >= 4 is 38.6 Å². The molecule has 12 rings (SSSR count). The molecule has 324 valence electrons. The Labute approximate surface area is 404 Å². The van der Waals surface area contributed by atoms with Crippen LogP contribution in [0.15, 0.2) is 285 Å². The largest absolute Gasteiger partial charge is 0.310 e. The summed E-state index contributed by atoms with van der Waals surface area (Å²) in [5, 5.41) is 4.90. The van der Waals surface area contributed by atoms with Crippen molar-refractivity contribution < 1.29 is 0 Å². The van der Waals surface area contributed by atoms with Crippen LogP contribution in [-0.4, -0.2) is 0 Å². The molecule has 0 saturated carbocycles. The minimum absolute atomic E-state index is 1.07. The average Bonchev–Trinajstić information content (AvgIpc) is 3.44. The van der Waals surface area contributed by atoms with E-state index < -0.39 is 0 Å². The zero-order valence-electron chi connectivity index (χ0n) is 38.1. The molecule has 0 spiro atoms. The summed E-state index contributed by atoms with van der Waals surface area (Å²) in [6.07, 6.45) is 0. The van der Waals surface area contributed by atoms with Crippen molar-refractivity contribution in [2.75, 3.05) is 4.90 Å². The van der Waals surface area contributed by atoms with Gasteiger partial charge < -0.3 is 4.90 Å². The number of hydrogen-bond donors (Lipinski definition) is 0. The molecule has 0 radical (unpaired) electrons. The molecule has 69 heavy (non-hydrogen) atoms. The third-order valence-electron chi connectivity index (χ3n) is 13.5. The van der Waals surface area contributed by atoms with Gasteiger partial charge in [0.2, 0.25) is 0 Å². The Morgan fingerprint density at radius 1 is 0.174 bits per heavy atom. The molecule has 1 heteroatoms. The monoisotopic (exact) mass is 877 g/mol. The van der Waals surface area contributed by atoms with Gasteiger partial charge in [-0.15, -0.1) is 0 Å². The molecule has 0 aromatic heterocycles. The topological polar surface area (TPSA) is 3.24 Å². The number of hydrogen-bond acceptors (Lipinski definition) is 1. The van der Waals surface area contributed by atoms with E-state index in [1.807, 2.05) is 0 Å². The van der Waals surface area contributed by atoms with E-state index in [0.717, 1.165) is 22.6 Å². The van der Waals surface area contributed by atoms with Gasteiger partial charge in [0.05, 0.1) is 0 Å². The summed E-state index contributed by atoms with van der Waals surface area (Å²) >= 11 is 0. The maximum atomic E-state index is 2.44.